The second kappa shape index (κ2) is 8.08. The molecule has 0 saturated carbocycles. The fraction of sp³-hybridized carbons (Fsp3) is 0.176. The fourth-order valence-electron chi connectivity index (χ4n) is 2.00. The molecule has 0 bridgehead atoms. The normalized spacial score (nSPS) is 10.7. The van der Waals surface area contributed by atoms with Crippen molar-refractivity contribution in [3.63, 3.8) is 0 Å². The summed E-state index contributed by atoms with van der Waals surface area (Å²) < 4.78 is 1.01. The van der Waals surface area contributed by atoms with Gasteiger partial charge in [-0.1, -0.05) is 18.2 Å². The van der Waals surface area contributed by atoms with Crippen LogP contribution in [-0.4, -0.2) is 18.4 Å². The first kappa shape index (κ1) is 17.4. The Hall–Kier alpha value is -1.92. The maximum absolute atomic E-state index is 11.9. The molecule has 2 aromatic rings. The van der Waals surface area contributed by atoms with E-state index in [9.17, 15) is 9.59 Å². The van der Waals surface area contributed by atoms with E-state index in [0.717, 1.165) is 25.5 Å². The number of carbonyl (C=O) groups excluding carboxylic acids is 2. The molecule has 1 aromatic heterocycles. The molecule has 23 heavy (non-hydrogen) atoms. The van der Waals surface area contributed by atoms with Gasteiger partial charge in [0.15, 0.2) is 0 Å². The van der Waals surface area contributed by atoms with Crippen molar-refractivity contribution in [1.82, 2.24) is 5.32 Å². The van der Waals surface area contributed by atoms with E-state index in [1.54, 1.807) is 6.08 Å². The standard InChI is InChI=1S/C17H17BrN2O2S/c1-11-4-3-5-12(2)17(11)20-16(22)10-19-15(21)9-7-13-6-8-14(18)23-13/h3-9H,10H2,1-2H3,(H,19,21)(H,20,22)/b9-7+. The number of nitrogens with one attached hydrogen (secondary N) is 2. The van der Waals surface area contributed by atoms with Gasteiger partial charge in [0, 0.05) is 16.6 Å². The zero-order valence-electron chi connectivity index (χ0n) is 12.9. The average Bonchev–Trinajstić information content (AvgIpc) is 2.92. The second-order valence-electron chi connectivity index (χ2n) is 5.01. The van der Waals surface area contributed by atoms with Gasteiger partial charge < -0.3 is 10.6 Å². The predicted octanol–water partition coefficient (Wildman–Crippen LogP) is 3.90. The highest BCUT2D eigenvalue weighted by atomic mass is 79.9. The number of aryl methyl sites for hydroxylation is 2. The van der Waals surface area contributed by atoms with E-state index in [1.165, 1.54) is 17.4 Å². The second-order valence-corrected chi connectivity index (χ2v) is 7.50. The zero-order chi connectivity index (χ0) is 16.8. The first-order chi connectivity index (χ1) is 11.0. The van der Waals surface area contributed by atoms with Gasteiger partial charge in [0.05, 0.1) is 10.3 Å². The first-order valence-electron chi connectivity index (χ1n) is 7.03. The van der Waals surface area contributed by atoms with Gasteiger partial charge in [-0.3, -0.25) is 9.59 Å². The van der Waals surface area contributed by atoms with Gasteiger partial charge in [-0.2, -0.15) is 0 Å². The molecule has 2 rings (SSSR count). The summed E-state index contributed by atoms with van der Waals surface area (Å²) in [6.07, 6.45) is 3.14. The third kappa shape index (κ3) is 5.33. The Morgan fingerprint density at radius 1 is 1.17 bits per heavy atom. The maximum Gasteiger partial charge on any atom is 0.244 e. The molecule has 0 atom stereocenters. The molecule has 0 aliphatic heterocycles. The zero-order valence-corrected chi connectivity index (χ0v) is 15.3. The Kier molecular flexibility index (Phi) is 6.12. The number of hydrogen-bond acceptors (Lipinski definition) is 3. The van der Waals surface area contributed by atoms with E-state index in [2.05, 4.69) is 26.6 Å². The van der Waals surface area contributed by atoms with Crippen LogP contribution in [0.25, 0.3) is 6.08 Å². The fourth-order valence-corrected chi connectivity index (χ4v) is 3.32. The van der Waals surface area contributed by atoms with Crippen LogP contribution in [0.4, 0.5) is 5.69 Å². The number of anilines is 1. The minimum atomic E-state index is -0.300. The number of carbonyl (C=O) groups is 2. The third-order valence-corrected chi connectivity index (χ3v) is 4.75. The predicted molar refractivity (Wildman–Crippen MR) is 98.6 cm³/mol. The molecule has 1 aromatic carbocycles. The first-order valence-corrected chi connectivity index (χ1v) is 8.64. The molecule has 1 heterocycles. The van der Waals surface area contributed by atoms with Crippen molar-refractivity contribution in [2.45, 2.75) is 13.8 Å². The van der Waals surface area contributed by atoms with Crippen LogP contribution < -0.4 is 10.6 Å². The lowest BCUT2D eigenvalue weighted by atomic mass is 10.1. The molecule has 4 nitrogen and oxygen atoms in total. The van der Waals surface area contributed by atoms with Crippen molar-refractivity contribution in [2.24, 2.45) is 0 Å². The van der Waals surface area contributed by atoms with Crippen molar-refractivity contribution < 1.29 is 9.59 Å². The Balaban J connectivity index is 1.84. The summed E-state index contributed by atoms with van der Waals surface area (Å²) in [6.45, 7) is 3.80. The topological polar surface area (TPSA) is 58.2 Å². The highest BCUT2D eigenvalue weighted by Gasteiger charge is 2.07. The maximum atomic E-state index is 11.9. The molecule has 0 fully saturated rings. The molecular weight excluding hydrogens is 376 g/mol. The molecule has 0 aliphatic rings. The van der Waals surface area contributed by atoms with Crippen LogP contribution in [-0.2, 0) is 9.59 Å². The van der Waals surface area contributed by atoms with E-state index >= 15 is 0 Å². The number of halogens is 1. The van der Waals surface area contributed by atoms with Gasteiger partial charge in [-0.05, 0) is 59.1 Å². The number of rotatable bonds is 5. The minimum absolute atomic E-state index is 0.0644. The molecule has 6 heteroatoms. The van der Waals surface area contributed by atoms with Crippen LogP contribution in [0.15, 0.2) is 40.2 Å². The van der Waals surface area contributed by atoms with Crippen molar-refractivity contribution in [2.75, 3.05) is 11.9 Å². The monoisotopic (exact) mass is 392 g/mol. The van der Waals surface area contributed by atoms with Crippen molar-refractivity contribution in [3.05, 3.63) is 56.2 Å². The quantitative estimate of drug-likeness (QED) is 0.758. The summed E-state index contributed by atoms with van der Waals surface area (Å²) in [7, 11) is 0. The lowest BCUT2D eigenvalue weighted by molar-refractivity contribution is -0.121. The largest absolute Gasteiger partial charge is 0.343 e. The third-order valence-electron chi connectivity index (χ3n) is 3.16. The molecule has 0 saturated heterocycles. The van der Waals surface area contributed by atoms with Crippen LogP contribution in [0.3, 0.4) is 0 Å². The summed E-state index contributed by atoms with van der Waals surface area (Å²) >= 11 is 4.89. The van der Waals surface area contributed by atoms with Crippen LogP contribution in [0.2, 0.25) is 0 Å². The molecule has 2 amide bonds. The van der Waals surface area contributed by atoms with E-state index in [0.29, 0.717) is 0 Å². The van der Waals surface area contributed by atoms with Gasteiger partial charge in [0.2, 0.25) is 11.8 Å². The molecule has 0 spiro atoms. The molecule has 0 radical (unpaired) electrons. The van der Waals surface area contributed by atoms with Crippen molar-refractivity contribution in [3.8, 4) is 0 Å². The molecule has 0 aliphatic carbocycles. The van der Waals surface area contributed by atoms with Gasteiger partial charge in [-0.15, -0.1) is 11.3 Å². The number of amides is 2. The number of para-hydroxylation sites is 1. The summed E-state index contributed by atoms with van der Waals surface area (Å²) in [5.74, 6) is -0.547. The SMILES string of the molecule is Cc1cccc(C)c1NC(=O)CNC(=O)/C=C/c1ccc(Br)s1. The number of hydrogen-bond donors (Lipinski definition) is 2. The Labute approximate surface area is 147 Å². The Morgan fingerprint density at radius 3 is 2.48 bits per heavy atom. The van der Waals surface area contributed by atoms with Crippen molar-refractivity contribution in [1.29, 1.82) is 0 Å². The van der Waals surface area contributed by atoms with Gasteiger partial charge in [0.1, 0.15) is 0 Å². The van der Waals surface area contributed by atoms with Gasteiger partial charge in [-0.25, -0.2) is 0 Å². The highest BCUT2D eigenvalue weighted by Crippen LogP contribution is 2.23. The molecule has 0 unspecified atom stereocenters. The van der Waals surface area contributed by atoms with Crippen LogP contribution in [0.5, 0.6) is 0 Å². The molecular formula is C17H17BrN2O2S. The summed E-state index contributed by atoms with van der Waals surface area (Å²) in [5.41, 5.74) is 2.78. The minimum Gasteiger partial charge on any atom is -0.343 e. The van der Waals surface area contributed by atoms with Crippen molar-refractivity contribution >= 4 is 50.8 Å². The van der Waals surface area contributed by atoms with Crippen LogP contribution >= 0.6 is 27.3 Å². The lowest BCUT2D eigenvalue weighted by Gasteiger charge is -2.11. The van der Waals surface area contributed by atoms with Gasteiger partial charge in [0.25, 0.3) is 0 Å². The van der Waals surface area contributed by atoms with Crippen LogP contribution in [0, 0.1) is 13.8 Å². The van der Waals surface area contributed by atoms with E-state index < -0.39 is 0 Å². The van der Waals surface area contributed by atoms with E-state index in [4.69, 9.17) is 0 Å². The summed E-state index contributed by atoms with van der Waals surface area (Å²) in [4.78, 5) is 24.6. The number of benzene rings is 1. The highest BCUT2D eigenvalue weighted by molar-refractivity contribution is 9.11. The molecule has 2 N–H and O–H groups in total. The number of thiophene rings is 1. The Morgan fingerprint density at radius 2 is 1.87 bits per heavy atom. The Bertz CT molecular complexity index is 733. The lowest BCUT2D eigenvalue weighted by Crippen LogP contribution is -2.32. The molecule has 120 valence electrons. The van der Waals surface area contributed by atoms with E-state index in [1.807, 2.05) is 44.2 Å². The average molecular weight is 393 g/mol. The summed E-state index contributed by atoms with van der Waals surface area (Å²) in [6, 6.07) is 9.63. The van der Waals surface area contributed by atoms with Crippen LogP contribution in [0.1, 0.15) is 16.0 Å². The van der Waals surface area contributed by atoms with Gasteiger partial charge >= 0.3 is 0 Å². The summed E-state index contributed by atoms with van der Waals surface area (Å²) in [5, 5.41) is 5.40. The smallest absolute Gasteiger partial charge is 0.244 e. The van der Waals surface area contributed by atoms with E-state index in [-0.39, 0.29) is 18.4 Å².